The highest BCUT2D eigenvalue weighted by Gasteiger charge is 2.25. The summed E-state index contributed by atoms with van der Waals surface area (Å²) in [4.78, 5) is 28.2. The number of hydrogen-bond donors (Lipinski definition) is 1. The Morgan fingerprint density at radius 2 is 1.89 bits per heavy atom. The van der Waals surface area contributed by atoms with E-state index in [0.717, 1.165) is 5.71 Å². The fraction of sp³-hybridized carbons (Fsp3) is 0.214. The summed E-state index contributed by atoms with van der Waals surface area (Å²) >= 11 is 5.77. The lowest BCUT2D eigenvalue weighted by Gasteiger charge is -2.14. The first-order chi connectivity index (χ1) is 8.97. The van der Waals surface area contributed by atoms with Crippen molar-refractivity contribution >= 4 is 34.7 Å². The quantitative estimate of drug-likeness (QED) is 0.844. The summed E-state index contributed by atoms with van der Waals surface area (Å²) in [7, 11) is 0. The summed E-state index contributed by atoms with van der Waals surface area (Å²) in [5, 5.41) is 3.25. The van der Waals surface area contributed by atoms with Crippen LogP contribution in [0.15, 0.2) is 40.5 Å². The second-order valence-corrected chi connectivity index (χ2v) is 4.80. The molecular weight excluding hydrogens is 264 g/mol. The van der Waals surface area contributed by atoms with E-state index in [-0.39, 0.29) is 17.8 Å². The van der Waals surface area contributed by atoms with Crippen LogP contribution in [0.2, 0.25) is 5.02 Å². The number of carbonyl (C=O) groups excluding carboxylic acids is 2. The van der Waals surface area contributed by atoms with Crippen molar-refractivity contribution in [3.05, 3.63) is 40.6 Å². The molecule has 1 N–H and O–H groups in total. The van der Waals surface area contributed by atoms with E-state index in [1.54, 1.807) is 38.1 Å². The molecule has 0 saturated heterocycles. The second-order valence-electron chi connectivity index (χ2n) is 4.37. The predicted octanol–water partition coefficient (Wildman–Crippen LogP) is 2.99. The number of rotatable bonds is 2. The maximum atomic E-state index is 12.1. The first kappa shape index (κ1) is 13.5. The Kier molecular flexibility index (Phi) is 3.81. The monoisotopic (exact) mass is 276 g/mol. The molecule has 1 aliphatic heterocycles. The van der Waals surface area contributed by atoms with Crippen LogP contribution in [-0.2, 0) is 9.59 Å². The minimum atomic E-state index is -0.430. The second kappa shape index (κ2) is 5.36. The SMILES string of the molecule is CC1=NC(C)=C(C(=O)Nc2ccc(Cl)cc2)C(=O)C1. The van der Waals surface area contributed by atoms with Gasteiger partial charge in [0.15, 0.2) is 5.78 Å². The van der Waals surface area contributed by atoms with Gasteiger partial charge in [-0.1, -0.05) is 11.6 Å². The van der Waals surface area contributed by atoms with Gasteiger partial charge in [0.2, 0.25) is 0 Å². The molecule has 0 radical (unpaired) electrons. The lowest BCUT2D eigenvalue weighted by atomic mass is 10.0. The van der Waals surface area contributed by atoms with E-state index in [0.29, 0.717) is 16.4 Å². The summed E-state index contributed by atoms with van der Waals surface area (Å²) in [6.07, 6.45) is 0.195. The number of aliphatic imine (C=N–C) groups is 1. The van der Waals surface area contributed by atoms with Crippen LogP contribution in [0.25, 0.3) is 0 Å². The first-order valence-electron chi connectivity index (χ1n) is 5.82. The number of nitrogens with one attached hydrogen (secondary N) is 1. The van der Waals surface area contributed by atoms with Crippen LogP contribution in [0.4, 0.5) is 5.69 Å². The number of allylic oxidation sites excluding steroid dienone is 1. The number of halogens is 1. The summed E-state index contributed by atoms with van der Waals surface area (Å²) in [5.74, 6) is -0.627. The lowest BCUT2D eigenvalue weighted by molar-refractivity contribution is -0.119. The molecule has 0 bridgehead atoms. The molecule has 19 heavy (non-hydrogen) atoms. The van der Waals surface area contributed by atoms with Gasteiger partial charge in [0, 0.05) is 22.8 Å². The number of carbonyl (C=O) groups is 2. The Labute approximate surface area is 116 Å². The number of hydrogen-bond acceptors (Lipinski definition) is 3. The summed E-state index contributed by atoms with van der Waals surface area (Å²) < 4.78 is 0. The van der Waals surface area contributed by atoms with Crippen LogP contribution in [0, 0.1) is 0 Å². The Balaban J connectivity index is 2.22. The molecule has 4 nitrogen and oxygen atoms in total. The molecule has 0 aliphatic carbocycles. The van der Waals surface area contributed by atoms with Gasteiger partial charge < -0.3 is 5.32 Å². The smallest absolute Gasteiger partial charge is 0.261 e. The third kappa shape index (κ3) is 3.09. The Morgan fingerprint density at radius 3 is 2.47 bits per heavy atom. The number of benzene rings is 1. The van der Waals surface area contributed by atoms with Crippen LogP contribution in [0.5, 0.6) is 0 Å². The summed E-state index contributed by atoms with van der Waals surface area (Å²) in [6, 6.07) is 6.70. The molecule has 98 valence electrons. The van der Waals surface area contributed by atoms with Gasteiger partial charge >= 0.3 is 0 Å². The largest absolute Gasteiger partial charge is 0.322 e. The van der Waals surface area contributed by atoms with Crippen LogP contribution in [0.1, 0.15) is 20.3 Å². The minimum Gasteiger partial charge on any atom is -0.322 e. The van der Waals surface area contributed by atoms with Crippen molar-refractivity contribution in [2.45, 2.75) is 20.3 Å². The zero-order valence-electron chi connectivity index (χ0n) is 10.7. The molecule has 0 aromatic heterocycles. The Hall–Kier alpha value is -1.94. The highest BCUT2D eigenvalue weighted by Crippen LogP contribution is 2.19. The maximum Gasteiger partial charge on any atom is 0.261 e. The fourth-order valence-corrected chi connectivity index (χ4v) is 2.05. The van der Waals surface area contributed by atoms with Crippen molar-refractivity contribution in [2.24, 2.45) is 4.99 Å². The lowest BCUT2D eigenvalue weighted by Crippen LogP contribution is -2.25. The van der Waals surface area contributed by atoms with Crippen LogP contribution < -0.4 is 5.32 Å². The topological polar surface area (TPSA) is 58.5 Å². The molecule has 0 atom stereocenters. The van der Waals surface area contributed by atoms with Crippen molar-refractivity contribution in [3.63, 3.8) is 0 Å². The standard InChI is InChI=1S/C14H13ClN2O2/c1-8-7-12(18)13(9(2)16-8)14(19)17-11-5-3-10(15)4-6-11/h3-6H,7H2,1-2H3,(H,17,19). The van der Waals surface area contributed by atoms with Gasteiger partial charge in [-0.2, -0.15) is 0 Å². The third-order valence-electron chi connectivity index (χ3n) is 2.74. The van der Waals surface area contributed by atoms with Crippen molar-refractivity contribution in [1.82, 2.24) is 0 Å². The van der Waals surface area contributed by atoms with Gasteiger partial charge in [0.1, 0.15) is 5.57 Å². The van der Waals surface area contributed by atoms with Crippen molar-refractivity contribution in [2.75, 3.05) is 5.32 Å². The fourth-order valence-electron chi connectivity index (χ4n) is 1.92. The number of nitrogens with zero attached hydrogens (tertiary/aromatic N) is 1. The number of amides is 1. The van der Waals surface area contributed by atoms with E-state index < -0.39 is 5.91 Å². The first-order valence-corrected chi connectivity index (χ1v) is 6.20. The highest BCUT2D eigenvalue weighted by molar-refractivity contribution is 6.31. The van der Waals surface area contributed by atoms with Gasteiger partial charge in [0.25, 0.3) is 5.91 Å². The molecule has 1 heterocycles. The maximum absolute atomic E-state index is 12.1. The zero-order valence-corrected chi connectivity index (χ0v) is 11.4. The minimum absolute atomic E-state index is 0.126. The zero-order chi connectivity index (χ0) is 14.0. The molecule has 1 aromatic carbocycles. The molecule has 0 unspecified atom stereocenters. The van der Waals surface area contributed by atoms with E-state index in [1.165, 1.54) is 0 Å². The van der Waals surface area contributed by atoms with Gasteiger partial charge in [-0.3, -0.25) is 14.6 Å². The van der Waals surface area contributed by atoms with E-state index in [9.17, 15) is 9.59 Å². The van der Waals surface area contributed by atoms with E-state index >= 15 is 0 Å². The highest BCUT2D eigenvalue weighted by atomic mass is 35.5. The molecule has 0 fully saturated rings. The average Bonchev–Trinajstić information content (AvgIpc) is 2.30. The molecule has 0 saturated carbocycles. The van der Waals surface area contributed by atoms with E-state index in [1.807, 2.05) is 0 Å². The average molecular weight is 277 g/mol. The number of ketones is 1. The van der Waals surface area contributed by atoms with Gasteiger partial charge in [-0.05, 0) is 38.1 Å². The third-order valence-corrected chi connectivity index (χ3v) is 3.00. The normalized spacial score (nSPS) is 15.3. The molecule has 1 aliphatic rings. The van der Waals surface area contributed by atoms with E-state index in [2.05, 4.69) is 10.3 Å². The molecule has 5 heteroatoms. The summed E-state index contributed by atoms with van der Waals surface area (Å²) in [5.41, 5.74) is 1.90. The molecular formula is C14H13ClN2O2. The van der Waals surface area contributed by atoms with Crippen molar-refractivity contribution < 1.29 is 9.59 Å². The van der Waals surface area contributed by atoms with Crippen LogP contribution in [-0.4, -0.2) is 17.4 Å². The number of Topliss-reactive ketones (excluding diaryl/α,β-unsaturated/α-hetero) is 1. The van der Waals surface area contributed by atoms with Crippen LogP contribution in [0.3, 0.4) is 0 Å². The molecule has 1 amide bonds. The summed E-state index contributed by atoms with van der Waals surface area (Å²) in [6.45, 7) is 3.44. The number of anilines is 1. The van der Waals surface area contributed by atoms with Crippen molar-refractivity contribution in [3.8, 4) is 0 Å². The van der Waals surface area contributed by atoms with Gasteiger partial charge in [-0.25, -0.2) is 0 Å². The Morgan fingerprint density at radius 1 is 1.26 bits per heavy atom. The van der Waals surface area contributed by atoms with Crippen molar-refractivity contribution in [1.29, 1.82) is 0 Å². The molecule has 2 rings (SSSR count). The van der Waals surface area contributed by atoms with Crippen LogP contribution >= 0.6 is 11.6 Å². The predicted molar refractivity (Wildman–Crippen MR) is 75.5 cm³/mol. The molecule has 0 spiro atoms. The Bertz CT molecular complexity index is 600. The van der Waals surface area contributed by atoms with Gasteiger partial charge in [-0.15, -0.1) is 0 Å². The van der Waals surface area contributed by atoms with Gasteiger partial charge in [0.05, 0.1) is 5.70 Å². The van der Waals surface area contributed by atoms with E-state index in [4.69, 9.17) is 11.6 Å². The molecule has 1 aromatic rings.